The molecule has 0 aliphatic carbocycles. The van der Waals surface area contributed by atoms with Gasteiger partial charge < -0.3 is 0 Å². The molecule has 1 heterocycles. The Morgan fingerprint density at radius 3 is 3.17 bits per heavy atom. The highest BCUT2D eigenvalue weighted by molar-refractivity contribution is 8.02. The van der Waals surface area contributed by atoms with E-state index >= 15 is 0 Å². The molecule has 0 amide bonds. The van der Waals surface area contributed by atoms with E-state index in [0.29, 0.717) is 0 Å². The van der Waals surface area contributed by atoms with Gasteiger partial charge in [0.1, 0.15) is 4.71 Å². The number of para-hydroxylation sites is 1. The van der Waals surface area contributed by atoms with Crippen molar-refractivity contribution >= 4 is 35.3 Å². The Bertz CT molecular complexity index is 335. The maximum Gasteiger partial charge on any atom is 0.119 e. The van der Waals surface area contributed by atoms with Crippen LogP contribution in [0.25, 0.3) is 0 Å². The summed E-state index contributed by atoms with van der Waals surface area (Å²) in [6, 6.07) is 6.15. The van der Waals surface area contributed by atoms with Crippen LogP contribution in [0.5, 0.6) is 0 Å². The Hall–Kier alpha value is -0.470. The highest BCUT2D eigenvalue weighted by Crippen LogP contribution is 2.38. The summed E-state index contributed by atoms with van der Waals surface area (Å²) < 4.78 is -0.0145. The smallest absolute Gasteiger partial charge is 0.119 e. The number of hydrogen-bond donors (Lipinski definition) is 0. The van der Waals surface area contributed by atoms with Crippen LogP contribution in [0.1, 0.15) is 5.56 Å². The lowest BCUT2D eigenvalue weighted by Crippen LogP contribution is -1.98. The molecule has 0 bridgehead atoms. The standard InChI is InChI=1S/C9H8ClNS/c1-6-3-2-4-7-9(6)11-5-8(10)12-7/h2-5,8H,1H3. The number of nitrogens with zero attached hydrogens (tertiary/aromatic N) is 1. The molecule has 1 aromatic rings. The maximum absolute atomic E-state index is 5.91. The Labute approximate surface area is 80.8 Å². The van der Waals surface area contributed by atoms with E-state index in [1.165, 1.54) is 10.5 Å². The summed E-state index contributed by atoms with van der Waals surface area (Å²) in [5, 5.41) is 0. The SMILES string of the molecule is Cc1cccc2c1N=CC(Cl)S2. The zero-order valence-corrected chi connectivity index (χ0v) is 8.19. The topological polar surface area (TPSA) is 12.4 Å². The second kappa shape index (κ2) is 3.11. The lowest BCUT2D eigenvalue weighted by Gasteiger charge is -2.14. The molecule has 62 valence electrons. The summed E-state index contributed by atoms with van der Waals surface area (Å²) >= 11 is 7.55. The lowest BCUT2D eigenvalue weighted by molar-refractivity contribution is 1.29. The van der Waals surface area contributed by atoms with Gasteiger partial charge in [-0.05, 0) is 18.6 Å². The Balaban J connectivity index is 2.53. The van der Waals surface area contributed by atoms with Gasteiger partial charge in [0.25, 0.3) is 0 Å². The third kappa shape index (κ3) is 1.37. The van der Waals surface area contributed by atoms with E-state index in [2.05, 4.69) is 24.0 Å². The normalized spacial score (nSPS) is 20.7. The van der Waals surface area contributed by atoms with Crippen LogP contribution in [0.3, 0.4) is 0 Å². The van der Waals surface area contributed by atoms with E-state index in [4.69, 9.17) is 11.6 Å². The molecule has 2 rings (SSSR count). The molecule has 1 aliphatic heterocycles. The predicted octanol–water partition coefficient (Wildman–Crippen LogP) is 3.37. The van der Waals surface area contributed by atoms with Crippen molar-refractivity contribution in [1.29, 1.82) is 0 Å². The number of rotatable bonds is 0. The first-order chi connectivity index (χ1) is 5.77. The van der Waals surface area contributed by atoms with Gasteiger partial charge in [0.05, 0.1) is 5.69 Å². The molecule has 0 fully saturated rings. The molecular weight excluding hydrogens is 190 g/mol. The van der Waals surface area contributed by atoms with Crippen LogP contribution in [0.15, 0.2) is 28.1 Å². The highest BCUT2D eigenvalue weighted by Gasteiger charge is 2.13. The van der Waals surface area contributed by atoms with Crippen LogP contribution in [0, 0.1) is 6.92 Å². The number of aryl methyl sites for hydroxylation is 1. The van der Waals surface area contributed by atoms with Gasteiger partial charge in [-0.2, -0.15) is 0 Å². The first-order valence-electron chi connectivity index (χ1n) is 3.72. The zero-order chi connectivity index (χ0) is 8.55. The largest absolute Gasteiger partial charge is 0.257 e. The van der Waals surface area contributed by atoms with Crippen LogP contribution in [-0.2, 0) is 0 Å². The number of hydrogen-bond acceptors (Lipinski definition) is 2. The highest BCUT2D eigenvalue weighted by atomic mass is 35.5. The van der Waals surface area contributed by atoms with Crippen LogP contribution in [-0.4, -0.2) is 10.9 Å². The van der Waals surface area contributed by atoms with Crippen molar-refractivity contribution in [3.8, 4) is 0 Å². The third-order valence-electron chi connectivity index (χ3n) is 1.76. The fourth-order valence-corrected chi connectivity index (χ4v) is 2.37. The van der Waals surface area contributed by atoms with Crippen molar-refractivity contribution in [2.75, 3.05) is 0 Å². The summed E-state index contributed by atoms with van der Waals surface area (Å²) in [5.74, 6) is 0. The van der Waals surface area contributed by atoms with E-state index < -0.39 is 0 Å². The molecule has 1 nitrogen and oxygen atoms in total. The first-order valence-corrected chi connectivity index (χ1v) is 5.03. The molecule has 1 atom stereocenters. The molecule has 0 saturated heterocycles. The number of aliphatic imine (C=N–C) groups is 1. The van der Waals surface area contributed by atoms with Gasteiger partial charge in [-0.3, -0.25) is 4.99 Å². The van der Waals surface area contributed by atoms with Crippen molar-refractivity contribution in [3.63, 3.8) is 0 Å². The van der Waals surface area contributed by atoms with Crippen molar-refractivity contribution in [1.82, 2.24) is 0 Å². The van der Waals surface area contributed by atoms with Gasteiger partial charge in [0.2, 0.25) is 0 Å². The minimum absolute atomic E-state index is 0.0145. The van der Waals surface area contributed by atoms with E-state index in [-0.39, 0.29) is 4.71 Å². The second-order valence-electron chi connectivity index (χ2n) is 2.67. The average molecular weight is 198 g/mol. The van der Waals surface area contributed by atoms with Crippen LogP contribution >= 0.6 is 23.4 Å². The molecule has 0 saturated carbocycles. The fraction of sp³-hybridized carbons (Fsp3) is 0.222. The molecule has 0 N–H and O–H groups in total. The number of alkyl halides is 1. The zero-order valence-electron chi connectivity index (χ0n) is 6.62. The minimum Gasteiger partial charge on any atom is -0.257 e. The Morgan fingerprint density at radius 2 is 2.33 bits per heavy atom. The summed E-state index contributed by atoms with van der Waals surface area (Å²) in [4.78, 5) is 5.47. The van der Waals surface area contributed by atoms with Gasteiger partial charge in [0, 0.05) is 11.1 Å². The number of halogens is 1. The van der Waals surface area contributed by atoms with Gasteiger partial charge in [0.15, 0.2) is 0 Å². The van der Waals surface area contributed by atoms with Gasteiger partial charge in [-0.15, -0.1) is 11.6 Å². The Kier molecular flexibility index (Phi) is 2.11. The minimum atomic E-state index is -0.0145. The summed E-state index contributed by atoms with van der Waals surface area (Å²) in [6.45, 7) is 2.06. The maximum atomic E-state index is 5.91. The molecule has 0 radical (unpaired) electrons. The second-order valence-corrected chi connectivity index (χ2v) is 4.58. The molecule has 12 heavy (non-hydrogen) atoms. The molecule has 1 aliphatic rings. The van der Waals surface area contributed by atoms with E-state index in [1.54, 1.807) is 18.0 Å². The van der Waals surface area contributed by atoms with Crippen molar-refractivity contribution in [2.45, 2.75) is 16.5 Å². The summed E-state index contributed by atoms with van der Waals surface area (Å²) in [6.07, 6.45) is 1.78. The van der Waals surface area contributed by atoms with Gasteiger partial charge >= 0.3 is 0 Å². The molecule has 0 aromatic heterocycles. The lowest BCUT2D eigenvalue weighted by atomic mass is 10.2. The number of fused-ring (bicyclic) bond motifs is 1. The quantitative estimate of drug-likeness (QED) is 0.581. The number of benzene rings is 1. The van der Waals surface area contributed by atoms with Crippen molar-refractivity contribution in [2.24, 2.45) is 4.99 Å². The van der Waals surface area contributed by atoms with E-state index in [0.717, 1.165) is 5.69 Å². The van der Waals surface area contributed by atoms with Crippen LogP contribution < -0.4 is 0 Å². The van der Waals surface area contributed by atoms with Crippen LogP contribution in [0.2, 0.25) is 0 Å². The van der Waals surface area contributed by atoms with Crippen molar-refractivity contribution in [3.05, 3.63) is 23.8 Å². The third-order valence-corrected chi connectivity index (χ3v) is 3.07. The van der Waals surface area contributed by atoms with E-state index in [1.807, 2.05) is 6.07 Å². The Morgan fingerprint density at radius 1 is 1.50 bits per heavy atom. The fourth-order valence-electron chi connectivity index (χ4n) is 1.18. The molecule has 1 unspecified atom stereocenters. The van der Waals surface area contributed by atoms with Gasteiger partial charge in [-0.1, -0.05) is 23.9 Å². The van der Waals surface area contributed by atoms with Crippen molar-refractivity contribution < 1.29 is 0 Å². The molecule has 0 spiro atoms. The molecular formula is C9H8ClNS. The summed E-state index contributed by atoms with van der Waals surface area (Å²) in [5.41, 5.74) is 2.28. The summed E-state index contributed by atoms with van der Waals surface area (Å²) in [7, 11) is 0. The molecule has 3 heteroatoms. The van der Waals surface area contributed by atoms with Crippen LogP contribution in [0.4, 0.5) is 5.69 Å². The predicted molar refractivity (Wildman–Crippen MR) is 54.8 cm³/mol. The monoisotopic (exact) mass is 197 g/mol. The number of thioether (sulfide) groups is 1. The molecule has 1 aromatic carbocycles. The van der Waals surface area contributed by atoms with Gasteiger partial charge in [-0.25, -0.2) is 0 Å². The van der Waals surface area contributed by atoms with E-state index in [9.17, 15) is 0 Å². The average Bonchev–Trinajstić information content (AvgIpc) is 2.04. The first kappa shape index (κ1) is 8.14.